The lowest BCUT2D eigenvalue weighted by Crippen LogP contribution is -2.37. The van der Waals surface area contributed by atoms with Gasteiger partial charge in [-0.3, -0.25) is 14.6 Å². The zero-order chi connectivity index (χ0) is 25.5. The number of nitrogens with zero attached hydrogens (tertiary/aromatic N) is 2. The van der Waals surface area contributed by atoms with E-state index >= 15 is 0 Å². The minimum Gasteiger partial charge on any atom is -0.402 e. The third kappa shape index (κ3) is 6.90. The summed E-state index contributed by atoms with van der Waals surface area (Å²) in [5, 5.41) is 3.12. The summed E-state index contributed by atoms with van der Waals surface area (Å²) in [4.78, 5) is 32.5. The number of benzene rings is 2. The summed E-state index contributed by atoms with van der Waals surface area (Å²) in [7, 11) is 0. The maximum absolute atomic E-state index is 14.8. The molecule has 1 atom stereocenters. The molecule has 0 aliphatic rings. The lowest BCUT2D eigenvalue weighted by atomic mass is 10.0. The van der Waals surface area contributed by atoms with E-state index in [4.69, 9.17) is 17.2 Å². The van der Waals surface area contributed by atoms with Crippen molar-refractivity contribution in [3.8, 4) is 11.3 Å². The summed E-state index contributed by atoms with van der Waals surface area (Å²) in [6.07, 6.45) is 3.42. The van der Waals surface area contributed by atoms with Gasteiger partial charge in [0.15, 0.2) is 0 Å². The number of carbonyl (C=O) groups excluding carboxylic acids is 2. The van der Waals surface area contributed by atoms with Gasteiger partial charge in [0.1, 0.15) is 11.9 Å². The summed E-state index contributed by atoms with van der Waals surface area (Å²) in [6.45, 7) is 1.66. The number of hydrogen-bond acceptors (Lipinski definition) is 6. The maximum Gasteiger partial charge on any atom is 0.251 e. The molecule has 0 saturated carbocycles. The van der Waals surface area contributed by atoms with E-state index in [0.29, 0.717) is 10.7 Å². The minimum atomic E-state index is -0.935. The Bertz CT molecular complexity index is 1290. The van der Waals surface area contributed by atoms with E-state index in [-0.39, 0.29) is 23.4 Å². The summed E-state index contributed by atoms with van der Waals surface area (Å²) in [5.74, 6) is -2.32. The van der Waals surface area contributed by atoms with E-state index < -0.39 is 23.7 Å². The highest BCUT2D eigenvalue weighted by Crippen LogP contribution is 2.28. The molecule has 0 fully saturated rings. The molecule has 3 rings (SSSR count). The number of nitrogens with one attached hydrogen (secondary N) is 1. The first-order chi connectivity index (χ1) is 16.6. The van der Waals surface area contributed by atoms with Crippen molar-refractivity contribution in [3.05, 3.63) is 89.5 Å². The van der Waals surface area contributed by atoms with Crippen LogP contribution in [0.1, 0.15) is 22.8 Å². The Labute approximate surface area is 207 Å². The van der Waals surface area contributed by atoms with Crippen LogP contribution in [0.5, 0.6) is 0 Å². The van der Waals surface area contributed by atoms with Gasteiger partial charge in [-0.25, -0.2) is 9.38 Å². The van der Waals surface area contributed by atoms with E-state index in [9.17, 15) is 14.0 Å². The fourth-order valence-corrected chi connectivity index (χ4v) is 3.68. The smallest absolute Gasteiger partial charge is 0.251 e. The molecule has 0 bridgehead atoms. The fraction of sp³-hybridized carbons (Fsp3) is 0.120. The van der Waals surface area contributed by atoms with Crippen molar-refractivity contribution in [1.29, 1.82) is 0 Å². The largest absolute Gasteiger partial charge is 0.402 e. The highest BCUT2D eigenvalue weighted by molar-refractivity contribution is 7.78. The van der Waals surface area contributed by atoms with Crippen LogP contribution in [0.15, 0.2) is 77.6 Å². The summed E-state index contributed by atoms with van der Waals surface area (Å²) in [6, 6.07) is 14.4. The van der Waals surface area contributed by atoms with Crippen molar-refractivity contribution in [1.82, 2.24) is 4.98 Å². The van der Waals surface area contributed by atoms with E-state index in [0.717, 1.165) is 22.9 Å². The van der Waals surface area contributed by atoms with E-state index in [1.54, 1.807) is 13.1 Å². The van der Waals surface area contributed by atoms with Gasteiger partial charge in [0, 0.05) is 42.6 Å². The SMILES string of the molecule is CC(N)=CC([SH2+])=Nc1cc(N[C@H](Cc2ccc(-c3ccccn3)cc2)C(N)=O)c(F)cc1C(N)=O. The average Bonchev–Trinajstić information content (AvgIpc) is 2.80. The molecule has 1 heterocycles. The lowest BCUT2D eigenvalue weighted by Gasteiger charge is -2.18. The van der Waals surface area contributed by atoms with Gasteiger partial charge in [-0.2, -0.15) is 0 Å². The number of anilines is 1. The highest BCUT2D eigenvalue weighted by Gasteiger charge is 2.21. The van der Waals surface area contributed by atoms with Crippen LogP contribution < -0.4 is 22.5 Å². The van der Waals surface area contributed by atoms with Crippen LogP contribution >= 0.6 is 0 Å². The van der Waals surface area contributed by atoms with Gasteiger partial charge in [-0.1, -0.05) is 30.3 Å². The molecule has 35 heavy (non-hydrogen) atoms. The third-order valence-corrected chi connectivity index (χ3v) is 5.24. The van der Waals surface area contributed by atoms with E-state index in [1.165, 1.54) is 12.1 Å². The molecule has 0 aliphatic heterocycles. The second-order valence-electron chi connectivity index (χ2n) is 7.81. The van der Waals surface area contributed by atoms with Gasteiger partial charge in [0.05, 0.1) is 22.6 Å². The molecule has 7 N–H and O–H groups in total. The Hall–Kier alpha value is -4.18. The molecule has 180 valence electrons. The second-order valence-corrected chi connectivity index (χ2v) is 8.33. The number of hydrogen-bond donors (Lipinski definition) is 4. The molecule has 0 spiro atoms. The topological polar surface area (TPSA) is 149 Å². The molecule has 0 radical (unpaired) electrons. The quantitative estimate of drug-likeness (QED) is 0.205. The van der Waals surface area contributed by atoms with Gasteiger partial charge in [0.2, 0.25) is 11.0 Å². The molecule has 0 unspecified atom stereocenters. The Morgan fingerprint density at radius 3 is 2.43 bits per heavy atom. The third-order valence-electron chi connectivity index (χ3n) is 4.98. The molecule has 1 aromatic heterocycles. The number of allylic oxidation sites excluding steroid dienone is 1. The van der Waals surface area contributed by atoms with Crippen molar-refractivity contribution >= 4 is 40.9 Å². The first-order valence-corrected chi connectivity index (χ1v) is 11.1. The number of aliphatic imine (C=N–C) groups is 1. The predicted octanol–water partition coefficient (Wildman–Crippen LogP) is 2.40. The number of amides is 2. The standard InChI is InChI=1S/C25H25FN6O2S/c1-14(27)10-23(35)32-20-13-21(18(26)12-17(20)24(28)33)31-22(25(29)34)11-15-5-7-16(8-6-15)19-4-2-3-9-30-19/h2-10,12-13,22,31H,11,27H2,1H3,(H2,28,33)(H2,29,34)(H,32,35)/p+1/t22-/m1/s1. The summed E-state index contributed by atoms with van der Waals surface area (Å²) >= 11 is 3.29. The zero-order valence-corrected chi connectivity index (χ0v) is 20.0. The lowest BCUT2D eigenvalue weighted by molar-refractivity contribution is -0.118. The monoisotopic (exact) mass is 493 g/mol. The predicted molar refractivity (Wildman–Crippen MR) is 140 cm³/mol. The molecular weight excluding hydrogens is 467 g/mol. The van der Waals surface area contributed by atoms with Crippen molar-refractivity contribution in [2.75, 3.05) is 5.32 Å². The molecule has 0 aliphatic carbocycles. The number of halogens is 1. The van der Waals surface area contributed by atoms with Gasteiger partial charge >= 0.3 is 0 Å². The van der Waals surface area contributed by atoms with Crippen LogP contribution in [-0.4, -0.2) is 27.9 Å². The molecule has 2 aromatic carbocycles. The van der Waals surface area contributed by atoms with Gasteiger partial charge in [0.25, 0.3) is 5.91 Å². The van der Waals surface area contributed by atoms with Crippen molar-refractivity contribution < 1.29 is 14.0 Å². The number of aromatic nitrogens is 1. The number of carbonyl (C=O) groups is 2. The highest BCUT2D eigenvalue weighted by atomic mass is 32.1. The number of rotatable bonds is 9. The summed E-state index contributed by atoms with van der Waals surface area (Å²) < 4.78 is 14.8. The van der Waals surface area contributed by atoms with Crippen LogP contribution in [0, 0.1) is 5.82 Å². The van der Waals surface area contributed by atoms with Gasteiger partial charge < -0.3 is 22.5 Å². The zero-order valence-electron chi connectivity index (χ0n) is 19.0. The minimum absolute atomic E-state index is 0.0597. The normalized spacial score (nSPS) is 12.8. The van der Waals surface area contributed by atoms with E-state index in [2.05, 4.69) is 27.9 Å². The first kappa shape index (κ1) is 25.4. The first-order valence-electron chi connectivity index (χ1n) is 10.6. The maximum atomic E-state index is 14.8. The molecule has 10 heteroatoms. The molecule has 0 saturated heterocycles. The Balaban J connectivity index is 1.88. The summed E-state index contributed by atoms with van der Waals surface area (Å²) in [5.41, 5.74) is 19.5. The van der Waals surface area contributed by atoms with Gasteiger partial charge in [-0.15, -0.1) is 0 Å². The Morgan fingerprint density at radius 2 is 1.86 bits per heavy atom. The van der Waals surface area contributed by atoms with Crippen molar-refractivity contribution in [3.63, 3.8) is 0 Å². The van der Waals surface area contributed by atoms with Gasteiger partial charge in [-0.05, 0) is 36.8 Å². The Kier molecular flexibility index (Phi) is 8.21. The number of primary amides is 2. The number of pyridine rings is 1. The Morgan fingerprint density at radius 1 is 1.14 bits per heavy atom. The molecule has 8 nitrogen and oxygen atoms in total. The average molecular weight is 494 g/mol. The van der Waals surface area contributed by atoms with E-state index in [1.807, 2.05) is 42.5 Å². The van der Waals surface area contributed by atoms with Crippen LogP contribution in [-0.2, 0) is 23.8 Å². The second kappa shape index (κ2) is 11.3. The molecule has 3 aromatic rings. The van der Waals surface area contributed by atoms with Crippen LogP contribution in [0.3, 0.4) is 0 Å². The molecular formula is C25H26FN6O2S+. The van der Waals surface area contributed by atoms with Crippen molar-refractivity contribution in [2.24, 2.45) is 22.2 Å². The number of nitrogens with two attached hydrogens (primary N) is 3. The van der Waals surface area contributed by atoms with Crippen LogP contribution in [0.2, 0.25) is 0 Å². The van der Waals surface area contributed by atoms with Crippen LogP contribution in [0.25, 0.3) is 11.3 Å². The van der Waals surface area contributed by atoms with Crippen molar-refractivity contribution in [2.45, 2.75) is 19.4 Å². The van der Waals surface area contributed by atoms with Crippen LogP contribution in [0.4, 0.5) is 15.8 Å². The fourth-order valence-electron chi connectivity index (χ4n) is 3.33. The molecule has 2 amide bonds.